The van der Waals surface area contributed by atoms with Crippen LogP contribution in [0.5, 0.6) is 17.2 Å². The molecule has 1 aliphatic rings. The van der Waals surface area contributed by atoms with Gasteiger partial charge in [0.1, 0.15) is 17.2 Å². The number of ether oxygens (including phenoxy) is 3. The SMILES string of the molecule is O=C(Nc1cccc(COc2ccc3c(c2)OCO3)c1)c1sccc1Br. The first kappa shape index (κ1) is 16.9. The third kappa shape index (κ3) is 3.68. The lowest BCUT2D eigenvalue weighted by Crippen LogP contribution is -2.11. The summed E-state index contributed by atoms with van der Waals surface area (Å²) >= 11 is 4.77. The number of hydrogen-bond acceptors (Lipinski definition) is 5. The molecule has 132 valence electrons. The summed E-state index contributed by atoms with van der Waals surface area (Å²) in [5.41, 5.74) is 1.67. The Morgan fingerprint density at radius 2 is 2.04 bits per heavy atom. The summed E-state index contributed by atoms with van der Waals surface area (Å²) < 4.78 is 17.2. The molecule has 1 aromatic heterocycles. The molecule has 26 heavy (non-hydrogen) atoms. The number of hydrogen-bond donors (Lipinski definition) is 1. The predicted molar refractivity (Wildman–Crippen MR) is 103 cm³/mol. The maximum atomic E-state index is 12.3. The fourth-order valence-corrected chi connectivity index (χ4v) is 3.96. The van der Waals surface area contributed by atoms with Gasteiger partial charge in [-0.15, -0.1) is 11.3 Å². The average Bonchev–Trinajstić information content (AvgIpc) is 3.28. The molecule has 0 saturated heterocycles. The topological polar surface area (TPSA) is 56.8 Å². The summed E-state index contributed by atoms with van der Waals surface area (Å²) in [6, 6.07) is 14.9. The van der Waals surface area contributed by atoms with Crippen LogP contribution < -0.4 is 19.5 Å². The van der Waals surface area contributed by atoms with Gasteiger partial charge in [0.25, 0.3) is 5.91 Å². The molecule has 4 rings (SSSR count). The van der Waals surface area contributed by atoms with Crippen LogP contribution in [0.15, 0.2) is 58.4 Å². The van der Waals surface area contributed by atoms with E-state index in [2.05, 4.69) is 21.2 Å². The van der Waals surface area contributed by atoms with Crippen molar-refractivity contribution in [2.24, 2.45) is 0 Å². The van der Waals surface area contributed by atoms with Crippen molar-refractivity contribution in [1.82, 2.24) is 0 Å². The molecule has 1 aliphatic heterocycles. The molecule has 0 atom stereocenters. The lowest BCUT2D eigenvalue weighted by Gasteiger charge is -2.09. The van der Waals surface area contributed by atoms with E-state index in [0.29, 0.717) is 23.0 Å². The number of anilines is 1. The molecular weight excluding hydrogens is 418 g/mol. The van der Waals surface area contributed by atoms with Crippen LogP contribution in [0.3, 0.4) is 0 Å². The van der Waals surface area contributed by atoms with Crippen molar-refractivity contribution in [3.05, 3.63) is 68.8 Å². The number of nitrogens with one attached hydrogen (secondary N) is 1. The summed E-state index contributed by atoms with van der Waals surface area (Å²) in [5.74, 6) is 1.97. The first-order chi connectivity index (χ1) is 12.7. The maximum Gasteiger partial charge on any atom is 0.266 e. The second-order valence-electron chi connectivity index (χ2n) is 5.56. The minimum Gasteiger partial charge on any atom is -0.489 e. The lowest BCUT2D eigenvalue weighted by molar-refractivity contribution is 0.103. The van der Waals surface area contributed by atoms with Gasteiger partial charge in [0.15, 0.2) is 11.5 Å². The van der Waals surface area contributed by atoms with Crippen LogP contribution in [0.2, 0.25) is 0 Å². The monoisotopic (exact) mass is 431 g/mol. The molecule has 0 aliphatic carbocycles. The summed E-state index contributed by atoms with van der Waals surface area (Å²) in [6.45, 7) is 0.618. The van der Waals surface area contributed by atoms with Crippen LogP contribution >= 0.6 is 27.3 Å². The summed E-state index contributed by atoms with van der Waals surface area (Å²) in [4.78, 5) is 13.0. The van der Waals surface area contributed by atoms with Gasteiger partial charge >= 0.3 is 0 Å². The summed E-state index contributed by atoms with van der Waals surface area (Å²) in [6.07, 6.45) is 0. The Morgan fingerprint density at radius 3 is 2.88 bits per heavy atom. The van der Waals surface area contributed by atoms with E-state index in [1.165, 1.54) is 11.3 Å². The van der Waals surface area contributed by atoms with E-state index < -0.39 is 0 Å². The highest BCUT2D eigenvalue weighted by atomic mass is 79.9. The Bertz CT molecular complexity index is 956. The second kappa shape index (κ2) is 7.39. The first-order valence-corrected chi connectivity index (χ1v) is 9.52. The average molecular weight is 432 g/mol. The molecule has 3 aromatic rings. The highest BCUT2D eigenvalue weighted by Gasteiger charge is 2.14. The van der Waals surface area contributed by atoms with Crippen LogP contribution in [-0.2, 0) is 6.61 Å². The molecule has 0 bridgehead atoms. The van der Waals surface area contributed by atoms with E-state index >= 15 is 0 Å². The molecule has 0 unspecified atom stereocenters. The number of fused-ring (bicyclic) bond motifs is 1. The molecule has 1 N–H and O–H groups in total. The van der Waals surface area contributed by atoms with Gasteiger partial charge in [-0.3, -0.25) is 4.79 Å². The molecule has 0 spiro atoms. The van der Waals surface area contributed by atoms with Crippen LogP contribution in [0, 0.1) is 0 Å². The molecule has 0 saturated carbocycles. The van der Waals surface area contributed by atoms with Crippen molar-refractivity contribution in [1.29, 1.82) is 0 Å². The van der Waals surface area contributed by atoms with Gasteiger partial charge in [-0.1, -0.05) is 12.1 Å². The van der Waals surface area contributed by atoms with Crippen molar-refractivity contribution in [2.75, 3.05) is 12.1 Å². The lowest BCUT2D eigenvalue weighted by atomic mass is 10.2. The van der Waals surface area contributed by atoms with Crippen molar-refractivity contribution >= 4 is 38.9 Å². The highest BCUT2D eigenvalue weighted by molar-refractivity contribution is 9.10. The number of carbonyl (C=O) groups is 1. The molecule has 2 heterocycles. The molecule has 2 aromatic carbocycles. The Balaban J connectivity index is 1.41. The molecular formula is C19H14BrNO4S. The number of halogens is 1. The van der Waals surface area contributed by atoms with Crippen LogP contribution in [0.25, 0.3) is 0 Å². The van der Waals surface area contributed by atoms with Crippen LogP contribution in [-0.4, -0.2) is 12.7 Å². The van der Waals surface area contributed by atoms with Crippen molar-refractivity contribution in [3.8, 4) is 17.2 Å². The van der Waals surface area contributed by atoms with Gasteiger partial charge in [-0.2, -0.15) is 0 Å². The highest BCUT2D eigenvalue weighted by Crippen LogP contribution is 2.35. The number of benzene rings is 2. The number of carbonyl (C=O) groups excluding carboxylic acids is 1. The van der Waals surface area contributed by atoms with E-state index in [0.717, 1.165) is 21.5 Å². The fourth-order valence-electron chi connectivity index (χ4n) is 2.52. The van der Waals surface area contributed by atoms with Crippen LogP contribution in [0.1, 0.15) is 15.2 Å². The summed E-state index contributed by atoms with van der Waals surface area (Å²) in [7, 11) is 0. The van der Waals surface area contributed by atoms with E-state index in [1.807, 2.05) is 53.9 Å². The quantitative estimate of drug-likeness (QED) is 0.612. The minimum atomic E-state index is -0.138. The Labute approximate surface area is 162 Å². The van der Waals surface area contributed by atoms with Crippen molar-refractivity contribution in [2.45, 2.75) is 6.61 Å². The minimum absolute atomic E-state index is 0.138. The van der Waals surface area contributed by atoms with E-state index in [4.69, 9.17) is 14.2 Å². The van der Waals surface area contributed by atoms with Gasteiger partial charge in [-0.05, 0) is 57.2 Å². The summed E-state index contributed by atoms with van der Waals surface area (Å²) in [5, 5.41) is 4.78. The van der Waals surface area contributed by atoms with Gasteiger partial charge in [0.05, 0.1) is 0 Å². The second-order valence-corrected chi connectivity index (χ2v) is 7.33. The largest absolute Gasteiger partial charge is 0.489 e. The van der Waals surface area contributed by atoms with Crippen LogP contribution in [0.4, 0.5) is 5.69 Å². The molecule has 1 amide bonds. The van der Waals surface area contributed by atoms with Crippen molar-refractivity contribution < 1.29 is 19.0 Å². The van der Waals surface area contributed by atoms with E-state index in [1.54, 1.807) is 0 Å². The zero-order valence-electron chi connectivity index (χ0n) is 13.5. The number of rotatable bonds is 5. The molecule has 0 radical (unpaired) electrons. The Kier molecular flexibility index (Phi) is 4.81. The zero-order chi connectivity index (χ0) is 17.9. The number of thiophene rings is 1. The van der Waals surface area contributed by atoms with Gasteiger partial charge in [0, 0.05) is 16.2 Å². The third-order valence-electron chi connectivity index (χ3n) is 3.76. The van der Waals surface area contributed by atoms with Crippen molar-refractivity contribution in [3.63, 3.8) is 0 Å². The predicted octanol–water partition coefficient (Wildman–Crippen LogP) is 5.07. The first-order valence-electron chi connectivity index (χ1n) is 7.85. The van der Waals surface area contributed by atoms with E-state index in [9.17, 15) is 4.79 Å². The van der Waals surface area contributed by atoms with Gasteiger partial charge in [-0.25, -0.2) is 0 Å². The van der Waals surface area contributed by atoms with E-state index in [-0.39, 0.29) is 12.7 Å². The zero-order valence-corrected chi connectivity index (χ0v) is 15.9. The molecule has 0 fully saturated rings. The number of amides is 1. The fraction of sp³-hybridized carbons (Fsp3) is 0.105. The standard InChI is InChI=1S/C19H14BrNO4S/c20-15-6-7-26-18(15)19(22)21-13-3-1-2-12(8-13)10-23-14-4-5-16-17(9-14)25-11-24-16/h1-9H,10-11H2,(H,21,22). The normalized spacial score (nSPS) is 12.0. The third-order valence-corrected chi connectivity index (χ3v) is 5.59. The smallest absolute Gasteiger partial charge is 0.266 e. The maximum absolute atomic E-state index is 12.3. The Hall–Kier alpha value is -2.51. The van der Waals surface area contributed by atoms with Gasteiger partial charge in [0.2, 0.25) is 6.79 Å². The van der Waals surface area contributed by atoms with Gasteiger partial charge < -0.3 is 19.5 Å². The molecule has 5 nitrogen and oxygen atoms in total. The molecule has 7 heteroatoms. The Morgan fingerprint density at radius 1 is 1.15 bits per heavy atom.